The highest BCUT2D eigenvalue weighted by Gasteiger charge is 2.03. The fourth-order valence-corrected chi connectivity index (χ4v) is 2.33. The monoisotopic (exact) mass is 264 g/mol. The van der Waals surface area contributed by atoms with E-state index in [0.717, 1.165) is 11.4 Å². The summed E-state index contributed by atoms with van der Waals surface area (Å²) in [6.07, 6.45) is 3.60. The van der Waals surface area contributed by atoms with Crippen LogP contribution in [0.4, 0.5) is 5.82 Å². The van der Waals surface area contributed by atoms with Crippen LogP contribution in [-0.2, 0) is 19.4 Å². The highest BCUT2D eigenvalue weighted by Crippen LogP contribution is 2.14. The molecule has 2 rings (SSSR count). The minimum Gasteiger partial charge on any atom is -0.363 e. The number of nitrogens with zero attached hydrogens (tertiary/aromatic N) is 2. The lowest BCUT2D eigenvalue weighted by atomic mass is 10.4. The van der Waals surface area contributed by atoms with E-state index in [4.69, 9.17) is 0 Å². The second-order valence-corrected chi connectivity index (χ2v) is 5.06. The number of anilines is 1. The second kappa shape index (κ2) is 5.77. The van der Waals surface area contributed by atoms with Gasteiger partial charge < -0.3 is 10.3 Å². The number of H-pyrrole nitrogens is 1. The minimum absolute atomic E-state index is 0.127. The van der Waals surface area contributed by atoms with Crippen LogP contribution < -0.4 is 10.9 Å². The molecule has 0 atom stereocenters. The molecule has 2 aromatic heterocycles. The Morgan fingerprint density at radius 2 is 2.22 bits per heavy atom. The van der Waals surface area contributed by atoms with Crippen molar-refractivity contribution in [2.75, 3.05) is 5.32 Å². The van der Waals surface area contributed by atoms with Crippen LogP contribution in [0.5, 0.6) is 0 Å². The van der Waals surface area contributed by atoms with E-state index in [-0.39, 0.29) is 5.56 Å². The van der Waals surface area contributed by atoms with Gasteiger partial charge >= 0.3 is 0 Å². The summed E-state index contributed by atoms with van der Waals surface area (Å²) in [6.45, 7) is 4.66. The molecule has 0 aromatic carbocycles. The number of aromatic nitrogens is 3. The van der Waals surface area contributed by atoms with Crippen LogP contribution >= 0.6 is 11.3 Å². The molecule has 6 heteroatoms. The second-order valence-electron chi connectivity index (χ2n) is 3.86. The first-order chi connectivity index (χ1) is 8.71. The van der Waals surface area contributed by atoms with Gasteiger partial charge in [0, 0.05) is 23.6 Å². The van der Waals surface area contributed by atoms with Crippen molar-refractivity contribution in [1.29, 1.82) is 0 Å². The Balaban J connectivity index is 2.05. The van der Waals surface area contributed by atoms with Crippen molar-refractivity contribution < 1.29 is 0 Å². The molecule has 18 heavy (non-hydrogen) atoms. The van der Waals surface area contributed by atoms with Gasteiger partial charge in [-0.3, -0.25) is 4.79 Å². The molecule has 0 aliphatic rings. The highest BCUT2D eigenvalue weighted by atomic mass is 32.1. The Morgan fingerprint density at radius 1 is 1.39 bits per heavy atom. The maximum atomic E-state index is 11.4. The summed E-state index contributed by atoms with van der Waals surface area (Å²) in [4.78, 5) is 23.9. The molecule has 0 saturated carbocycles. The van der Waals surface area contributed by atoms with E-state index in [2.05, 4.69) is 27.2 Å². The van der Waals surface area contributed by atoms with Gasteiger partial charge in [-0.05, 0) is 6.42 Å². The standard InChI is InChI=1S/C12H16N4OS/c1-3-8-6-14-12(18-8)7-13-10-5-11(17)16-9(4-2)15-10/h5-6H,3-4,7H2,1-2H3,(H2,13,15,16,17). The van der Waals surface area contributed by atoms with Crippen LogP contribution in [0.2, 0.25) is 0 Å². The predicted molar refractivity (Wildman–Crippen MR) is 73.1 cm³/mol. The molecule has 0 bridgehead atoms. The SMILES string of the molecule is CCc1nc(NCc2ncc(CC)s2)cc(=O)[nH]1. The average molecular weight is 264 g/mol. The highest BCUT2D eigenvalue weighted by molar-refractivity contribution is 7.11. The Kier molecular flexibility index (Phi) is 4.09. The van der Waals surface area contributed by atoms with E-state index in [1.165, 1.54) is 10.9 Å². The molecule has 2 aromatic rings. The van der Waals surface area contributed by atoms with Gasteiger partial charge in [0.05, 0.1) is 6.54 Å². The molecule has 0 fully saturated rings. The van der Waals surface area contributed by atoms with Crippen molar-refractivity contribution in [2.45, 2.75) is 33.2 Å². The van der Waals surface area contributed by atoms with E-state index in [9.17, 15) is 4.79 Å². The predicted octanol–water partition coefficient (Wildman–Crippen LogP) is 1.96. The number of rotatable bonds is 5. The van der Waals surface area contributed by atoms with E-state index >= 15 is 0 Å². The van der Waals surface area contributed by atoms with Crippen molar-refractivity contribution in [3.8, 4) is 0 Å². The number of aryl methyl sites for hydroxylation is 2. The van der Waals surface area contributed by atoms with Gasteiger partial charge in [-0.15, -0.1) is 11.3 Å². The molecule has 0 spiro atoms. The Hall–Kier alpha value is -1.69. The zero-order valence-electron chi connectivity index (χ0n) is 10.5. The van der Waals surface area contributed by atoms with E-state index < -0.39 is 0 Å². The van der Waals surface area contributed by atoms with Crippen LogP contribution in [0.1, 0.15) is 29.6 Å². The first kappa shape index (κ1) is 12.8. The zero-order chi connectivity index (χ0) is 13.0. The van der Waals surface area contributed by atoms with Crippen molar-refractivity contribution >= 4 is 17.2 Å². The molecule has 0 aliphatic heterocycles. The lowest BCUT2D eigenvalue weighted by molar-refractivity contribution is 0.913. The van der Waals surface area contributed by atoms with Crippen molar-refractivity contribution in [3.05, 3.63) is 38.3 Å². The van der Waals surface area contributed by atoms with Gasteiger partial charge in [0.1, 0.15) is 16.6 Å². The number of aromatic amines is 1. The van der Waals surface area contributed by atoms with Gasteiger partial charge in [0.25, 0.3) is 5.56 Å². The maximum Gasteiger partial charge on any atom is 0.252 e. The lowest BCUT2D eigenvalue weighted by Gasteiger charge is -2.04. The topological polar surface area (TPSA) is 70.7 Å². The largest absolute Gasteiger partial charge is 0.363 e. The van der Waals surface area contributed by atoms with Gasteiger partial charge in [0.2, 0.25) is 0 Å². The van der Waals surface area contributed by atoms with Crippen LogP contribution in [0.15, 0.2) is 17.1 Å². The van der Waals surface area contributed by atoms with Crippen molar-refractivity contribution in [1.82, 2.24) is 15.0 Å². The van der Waals surface area contributed by atoms with Crippen LogP contribution in [0, 0.1) is 0 Å². The van der Waals surface area contributed by atoms with E-state index in [1.807, 2.05) is 13.1 Å². The number of hydrogen-bond acceptors (Lipinski definition) is 5. The Morgan fingerprint density at radius 3 is 2.89 bits per heavy atom. The summed E-state index contributed by atoms with van der Waals surface area (Å²) in [5, 5.41) is 4.14. The smallest absolute Gasteiger partial charge is 0.252 e. The fourth-order valence-electron chi connectivity index (χ4n) is 1.53. The van der Waals surface area contributed by atoms with E-state index in [1.54, 1.807) is 11.3 Å². The summed E-state index contributed by atoms with van der Waals surface area (Å²) < 4.78 is 0. The molecule has 2 N–H and O–H groups in total. The summed E-state index contributed by atoms with van der Waals surface area (Å²) in [5.74, 6) is 1.29. The quantitative estimate of drug-likeness (QED) is 0.866. The van der Waals surface area contributed by atoms with Gasteiger partial charge in [-0.2, -0.15) is 0 Å². The van der Waals surface area contributed by atoms with Crippen LogP contribution in [0.3, 0.4) is 0 Å². The average Bonchev–Trinajstić information content (AvgIpc) is 2.83. The molecule has 2 heterocycles. The first-order valence-electron chi connectivity index (χ1n) is 5.99. The molecule has 0 saturated heterocycles. The summed E-state index contributed by atoms with van der Waals surface area (Å²) in [5.41, 5.74) is -0.127. The zero-order valence-corrected chi connectivity index (χ0v) is 11.3. The number of hydrogen-bond donors (Lipinski definition) is 2. The third-order valence-corrected chi connectivity index (χ3v) is 3.64. The molecule has 0 amide bonds. The molecule has 96 valence electrons. The number of nitrogens with one attached hydrogen (secondary N) is 2. The maximum absolute atomic E-state index is 11.4. The molecule has 0 radical (unpaired) electrons. The molecular formula is C12H16N4OS. The summed E-state index contributed by atoms with van der Waals surface area (Å²) >= 11 is 1.68. The van der Waals surface area contributed by atoms with Crippen LogP contribution in [0.25, 0.3) is 0 Å². The Bertz CT molecular complexity index is 575. The van der Waals surface area contributed by atoms with Crippen LogP contribution in [-0.4, -0.2) is 15.0 Å². The van der Waals surface area contributed by atoms with Gasteiger partial charge in [-0.25, -0.2) is 9.97 Å². The van der Waals surface area contributed by atoms with Crippen molar-refractivity contribution in [3.63, 3.8) is 0 Å². The molecular weight excluding hydrogens is 248 g/mol. The third kappa shape index (κ3) is 3.16. The fraction of sp³-hybridized carbons (Fsp3) is 0.417. The van der Waals surface area contributed by atoms with E-state index in [0.29, 0.717) is 24.6 Å². The first-order valence-corrected chi connectivity index (χ1v) is 6.80. The Labute approximate surface area is 109 Å². The summed E-state index contributed by atoms with van der Waals surface area (Å²) in [6, 6.07) is 1.47. The minimum atomic E-state index is -0.127. The van der Waals surface area contributed by atoms with Crippen molar-refractivity contribution in [2.24, 2.45) is 0 Å². The molecule has 5 nitrogen and oxygen atoms in total. The normalized spacial score (nSPS) is 10.6. The van der Waals surface area contributed by atoms with Gasteiger partial charge in [-0.1, -0.05) is 13.8 Å². The molecule has 0 aliphatic carbocycles. The number of thiazole rings is 1. The van der Waals surface area contributed by atoms with Gasteiger partial charge in [0.15, 0.2) is 0 Å². The molecule has 0 unspecified atom stereocenters. The third-order valence-electron chi connectivity index (χ3n) is 2.50. The summed E-state index contributed by atoms with van der Waals surface area (Å²) in [7, 11) is 0. The lowest BCUT2D eigenvalue weighted by Crippen LogP contribution is -2.13.